The van der Waals surface area contributed by atoms with Crippen molar-refractivity contribution in [1.82, 2.24) is 10.2 Å². The van der Waals surface area contributed by atoms with Crippen LogP contribution in [0.5, 0.6) is 0 Å². The third kappa shape index (κ3) is 5.83. The summed E-state index contributed by atoms with van der Waals surface area (Å²) in [5.74, 6) is 0. The van der Waals surface area contributed by atoms with Gasteiger partial charge in [-0.2, -0.15) is 0 Å². The Kier molecular flexibility index (Phi) is 7.81. The summed E-state index contributed by atoms with van der Waals surface area (Å²) in [4.78, 5) is 2.42. The summed E-state index contributed by atoms with van der Waals surface area (Å²) in [7, 11) is 0. The highest BCUT2D eigenvalue weighted by atomic mass is 15.3. The molecule has 3 N–H and O–H groups in total. The summed E-state index contributed by atoms with van der Waals surface area (Å²) in [6.45, 7) is 6.71. The SMILES string of the molecule is CCCCCCCCC(N)N1CCNCC1. The summed E-state index contributed by atoms with van der Waals surface area (Å²) in [5, 5.41) is 3.36. The molecule has 0 spiro atoms. The number of hydrogen-bond donors (Lipinski definition) is 2. The van der Waals surface area contributed by atoms with Crippen molar-refractivity contribution in [2.75, 3.05) is 26.2 Å². The monoisotopic (exact) mass is 227 g/mol. The van der Waals surface area contributed by atoms with Gasteiger partial charge in [0.1, 0.15) is 0 Å². The zero-order chi connectivity index (χ0) is 11.6. The highest BCUT2D eigenvalue weighted by Gasteiger charge is 2.15. The zero-order valence-electron chi connectivity index (χ0n) is 10.9. The van der Waals surface area contributed by atoms with Crippen molar-refractivity contribution in [2.45, 2.75) is 58.0 Å². The second-order valence-electron chi connectivity index (χ2n) is 4.91. The molecule has 0 radical (unpaired) electrons. The molecule has 1 atom stereocenters. The number of rotatable bonds is 8. The highest BCUT2D eigenvalue weighted by molar-refractivity contribution is 4.72. The van der Waals surface area contributed by atoms with Gasteiger partial charge in [0.15, 0.2) is 0 Å². The molecule has 1 aliphatic heterocycles. The van der Waals surface area contributed by atoms with Gasteiger partial charge in [0.2, 0.25) is 0 Å². The maximum atomic E-state index is 6.19. The average molecular weight is 227 g/mol. The summed E-state index contributed by atoms with van der Waals surface area (Å²) in [5.41, 5.74) is 6.19. The Labute approximate surface area is 101 Å². The van der Waals surface area contributed by atoms with E-state index in [0.717, 1.165) is 26.2 Å². The number of unbranched alkanes of at least 4 members (excludes halogenated alkanes) is 5. The first kappa shape index (κ1) is 13.9. The molecule has 0 bridgehead atoms. The first-order valence-corrected chi connectivity index (χ1v) is 7.05. The van der Waals surface area contributed by atoms with E-state index in [9.17, 15) is 0 Å². The maximum absolute atomic E-state index is 6.19. The molecule has 0 aliphatic carbocycles. The molecule has 1 saturated heterocycles. The molecule has 0 aromatic heterocycles. The minimum Gasteiger partial charge on any atom is -0.316 e. The molecule has 1 aliphatic rings. The van der Waals surface area contributed by atoms with E-state index in [4.69, 9.17) is 5.73 Å². The van der Waals surface area contributed by atoms with Crippen molar-refractivity contribution in [1.29, 1.82) is 0 Å². The van der Waals surface area contributed by atoms with Gasteiger partial charge in [0, 0.05) is 26.2 Å². The Morgan fingerprint density at radius 2 is 1.69 bits per heavy atom. The van der Waals surface area contributed by atoms with Crippen LogP contribution in [0.4, 0.5) is 0 Å². The van der Waals surface area contributed by atoms with Gasteiger partial charge in [-0.05, 0) is 6.42 Å². The van der Waals surface area contributed by atoms with Crippen LogP contribution in [0.25, 0.3) is 0 Å². The summed E-state index contributed by atoms with van der Waals surface area (Å²) >= 11 is 0. The molecular weight excluding hydrogens is 198 g/mol. The van der Waals surface area contributed by atoms with E-state index in [1.54, 1.807) is 0 Å². The first-order chi connectivity index (χ1) is 7.84. The minimum absolute atomic E-state index is 0.299. The van der Waals surface area contributed by atoms with Gasteiger partial charge in [-0.15, -0.1) is 0 Å². The molecule has 1 rings (SSSR count). The van der Waals surface area contributed by atoms with E-state index in [2.05, 4.69) is 17.1 Å². The van der Waals surface area contributed by atoms with Crippen LogP contribution in [0, 0.1) is 0 Å². The largest absolute Gasteiger partial charge is 0.316 e. The van der Waals surface area contributed by atoms with Gasteiger partial charge in [0.05, 0.1) is 6.17 Å². The van der Waals surface area contributed by atoms with E-state index in [0.29, 0.717) is 6.17 Å². The fourth-order valence-electron chi connectivity index (χ4n) is 2.33. The van der Waals surface area contributed by atoms with Gasteiger partial charge in [-0.25, -0.2) is 0 Å². The molecule has 1 heterocycles. The highest BCUT2D eigenvalue weighted by Crippen LogP contribution is 2.10. The molecule has 3 heteroatoms. The molecule has 0 aromatic carbocycles. The number of nitrogens with two attached hydrogens (primary N) is 1. The lowest BCUT2D eigenvalue weighted by Crippen LogP contribution is -2.51. The Bertz CT molecular complexity index is 155. The van der Waals surface area contributed by atoms with Crippen LogP contribution >= 0.6 is 0 Å². The molecule has 0 aromatic rings. The first-order valence-electron chi connectivity index (χ1n) is 7.05. The molecule has 1 unspecified atom stereocenters. The van der Waals surface area contributed by atoms with Crippen LogP contribution in [0.1, 0.15) is 51.9 Å². The van der Waals surface area contributed by atoms with Crippen LogP contribution in [-0.2, 0) is 0 Å². The topological polar surface area (TPSA) is 41.3 Å². The quantitative estimate of drug-likeness (QED) is 0.623. The van der Waals surface area contributed by atoms with E-state index in [-0.39, 0.29) is 0 Å². The Hall–Kier alpha value is -0.120. The van der Waals surface area contributed by atoms with E-state index in [1.807, 2.05) is 0 Å². The van der Waals surface area contributed by atoms with Crippen LogP contribution in [-0.4, -0.2) is 37.2 Å². The van der Waals surface area contributed by atoms with Crippen LogP contribution in [0.15, 0.2) is 0 Å². The van der Waals surface area contributed by atoms with Crippen LogP contribution in [0.3, 0.4) is 0 Å². The van der Waals surface area contributed by atoms with E-state index >= 15 is 0 Å². The Balaban J connectivity index is 1.94. The van der Waals surface area contributed by atoms with Gasteiger partial charge in [-0.1, -0.05) is 45.4 Å². The maximum Gasteiger partial charge on any atom is 0.0572 e. The molecule has 96 valence electrons. The molecule has 0 saturated carbocycles. The third-order valence-corrected chi connectivity index (χ3v) is 3.47. The minimum atomic E-state index is 0.299. The van der Waals surface area contributed by atoms with Gasteiger partial charge < -0.3 is 11.1 Å². The molecule has 0 amide bonds. The fourth-order valence-corrected chi connectivity index (χ4v) is 2.33. The van der Waals surface area contributed by atoms with Gasteiger partial charge >= 0.3 is 0 Å². The van der Waals surface area contributed by atoms with Crippen LogP contribution in [0.2, 0.25) is 0 Å². The second kappa shape index (κ2) is 8.97. The Morgan fingerprint density at radius 3 is 2.38 bits per heavy atom. The smallest absolute Gasteiger partial charge is 0.0572 e. The fraction of sp³-hybridized carbons (Fsp3) is 1.00. The molecule has 3 nitrogen and oxygen atoms in total. The zero-order valence-corrected chi connectivity index (χ0v) is 10.9. The molecular formula is C13H29N3. The standard InChI is InChI=1S/C13H29N3/c1-2-3-4-5-6-7-8-13(14)16-11-9-15-10-12-16/h13,15H,2-12,14H2,1H3. The average Bonchev–Trinajstić information content (AvgIpc) is 2.34. The second-order valence-corrected chi connectivity index (χ2v) is 4.91. The lowest BCUT2D eigenvalue weighted by Gasteiger charge is -2.32. The number of hydrogen-bond acceptors (Lipinski definition) is 3. The van der Waals surface area contributed by atoms with Crippen molar-refractivity contribution in [3.63, 3.8) is 0 Å². The lowest BCUT2D eigenvalue weighted by molar-refractivity contribution is 0.165. The van der Waals surface area contributed by atoms with E-state index < -0.39 is 0 Å². The predicted octanol–water partition coefficient (Wildman–Crippen LogP) is 1.93. The number of nitrogens with zero attached hydrogens (tertiary/aromatic N) is 1. The number of piperazine rings is 1. The molecule has 1 fully saturated rings. The lowest BCUT2D eigenvalue weighted by atomic mass is 10.1. The van der Waals surface area contributed by atoms with Crippen molar-refractivity contribution in [3.05, 3.63) is 0 Å². The van der Waals surface area contributed by atoms with Crippen molar-refractivity contribution >= 4 is 0 Å². The van der Waals surface area contributed by atoms with Crippen molar-refractivity contribution in [3.8, 4) is 0 Å². The van der Waals surface area contributed by atoms with Crippen molar-refractivity contribution < 1.29 is 0 Å². The van der Waals surface area contributed by atoms with Gasteiger partial charge in [0.25, 0.3) is 0 Å². The number of nitrogens with one attached hydrogen (secondary N) is 1. The third-order valence-electron chi connectivity index (χ3n) is 3.47. The van der Waals surface area contributed by atoms with Gasteiger partial charge in [-0.3, -0.25) is 4.90 Å². The van der Waals surface area contributed by atoms with E-state index in [1.165, 1.54) is 44.9 Å². The van der Waals surface area contributed by atoms with Crippen molar-refractivity contribution in [2.24, 2.45) is 5.73 Å². The molecule has 16 heavy (non-hydrogen) atoms. The summed E-state index contributed by atoms with van der Waals surface area (Å²) in [6, 6.07) is 0. The predicted molar refractivity (Wildman–Crippen MR) is 70.4 cm³/mol. The normalized spacial score (nSPS) is 19.9. The van der Waals surface area contributed by atoms with Crippen LogP contribution < -0.4 is 11.1 Å². The Morgan fingerprint density at radius 1 is 1.06 bits per heavy atom. The summed E-state index contributed by atoms with van der Waals surface area (Å²) < 4.78 is 0. The summed E-state index contributed by atoms with van der Waals surface area (Å²) in [6.07, 6.45) is 9.65.